The van der Waals surface area contributed by atoms with E-state index in [-0.39, 0.29) is 5.97 Å². The van der Waals surface area contributed by atoms with Gasteiger partial charge in [0.25, 0.3) is 0 Å². The van der Waals surface area contributed by atoms with Crippen molar-refractivity contribution in [2.24, 2.45) is 0 Å². The summed E-state index contributed by atoms with van der Waals surface area (Å²) in [6.45, 7) is 2.59. The van der Waals surface area contributed by atoms with Crippen LogP contribution in [0, 0.1) is 0 Å². The zero-order valence-electron chi connectivity index (χ0n) is 7.19. The van der Waals surface area contributed by atoms with E-state index in [0.29, 0.717) is 11.9 Å². The third-order valence-electron chi connectivity index (χ3n) is 1.38. The lowest BCUT2D eigenvalue weighted by atomic mass is 10.3. The Balaban J connectivity index is 3.31. The summed E-state index contributed by atoms with van der Waals surface area (Å²) in [6, 6.07) is 0. The van der Waals surface area contributed by atoms with Gasteiger partial charge in [-0.25, -0.2) is 0 Å². The second kappa shape index (κ2) is 7.87. The third kappa shape index (κ3) is 5.84. The van der Waals surface area contributed by atoms with Crippen molar-refractivity contribution in [3.8, 4) is 0 Å². The minimum absolute atomic E-state index is 0.329. The molecule has 0 N–H and O–H groups in total. The largest absolute Gasteiger partial charge is 0.465 e. The molecule has 0 spiro atoms. The molecular formula is C8H14BrClO2. The van der Waals surface area contributed by atoms with Crippen LogP contribution in [0.5, 0.6) is 0 Å². The number of carbonyl (C=O) groups is 1. The first-order valence-corrected chi connectivity index (χ1v) is 5.64. The summed E-state index contributed by atoms with van der Waals surface area (Å²) in [5.74, 6) is -0.329. The molecule has 0 aliphatic heterocycles. The van der Waals surface area contributed by atoms with E-state index in [1.165, 1.54) is 0 Å². The highest BCUT2D eigenvalue weighted by Gasteiger charge is 2.14. The first-order chi connectivity index (χ1) is 5.72. The second-order valence-electron chi connectivity index (χ2n) is 2.50. The van der Waals surface area contributed by atoms with Gasteiger partial charge in [-0.2, -0.15) is 0 Å². The first kappa shape index (κ1) is 12.2. The van der Waals surface area contributed by atoms with Gasteiger partial charge in [0.05, 0.1) is 6.61 Å². The van der Waals surface area contributed by atoms with Crippen LogP contribution in [0.25, 0.3) is 0 Å². The van der Waals surface area contributed by atoms with Gasteiger partial charge in [-0.05, 0) is 6.42 Å². The van der Waals surface area contributed by atoms with Gasteiger partial charge < -0.3 is 4.74 Å². The number of esters is 1. The number of ether oxygens (including phenoxy) is 1. The molecule has 0 saturated carbocycles. The van der Waals surface area contributed by atoms with E-state index in [0.717, 1.165) is 19.3 Å². The number of hydrogen-bond donors (Lipinski definition) is 0. The number of rotatable bonds is 6. The maximum absolute atomic E-state index is 11.0. The highest BCUT2D eigenvalue weighted by Crippen LogP contribution is 2.04. The molecule has 0 saturated heterocycles. The highest BCUT2D eigenvalue weighted by molar-refractivity contribution is 9.09. The predicted molar refractivity (Wildman–Crippen MR) is 53.9 cm³/mol. The molecule has 0 radical (unpaired) electrons. The molecule has 0 aromatic heterocycles. The lowest BCUT2D eigenvalue weighted by Crippen LogP contribution is -2.19. The van der Waals surface area contributed by atoms with Crippen LogP contribution >= 0.6 is 27.5 Å². The third-order valence-corrected chi connectivity index (χ3v) is 2.74. The van der Waals surface area contributed by atoms with Gasteiger partial charge in [0, 0.05) is 5.33 Å². The Labute approximate surface area is 86.7 Å². The summed E-state index contributed by atoms with van der Waals surface area (Å²) in [5.41, 5.74) is 0. The van der Waals surface area contributed by atoms with Crippen molar-refractivity contribution in [1.29, 1.82) is 0 Å². The van der Waals surface area contributed by atoms with Gasteiger partial charge in [0.1, 0.15) is 5.38 Å². The Bertz CT molecular complexity index is 130. The lowest BCUT2D eigenvalue weighted by molar-refractivity contribution is -0.142. The van der Waals surface area contributed by atoms with Crippen LogP contribution in [0.3, 0.4) is 0 Å². The average Bonchev–Trinajstić information content (AvgIpc) is 2.10. The van der Waals surface area contributed by atoms with Crippen LogP contribution in [0.1, 0.15) is 26.2 Å². The van der Waals surface area contributed by atoms with E-state index in [1.54, 1.807) is 0 Å². The average molecular weight is 258 g/mol. The number of unbranched alkanes of at least 4 members (excludes halogenated alkanes) is 2. The van der Waals surface area contributed by atoms with E-state index in [2.05, 4.69) is 22.9 Å². The molecule has 0 amide bonds. The van der Waals surface area contributed by atoms with Crippen molar-refractivity contribution in [2.45, 2.75) is 31.6 Å². The quantitative estimate of drug-likeness (QED) is 0.415. The number of carbonyl (C=O) groups excluding carboxylic acids is 1. The van der Waals surface area contributed by atoms with E-state index in [4.69, 9.17) is 16.3 Å². The Morgan fingerprint density at radius 1 is 1.58 bits per heavy atom. The topological polar surface area (TPSA) is 26.3 Å². The summed E-state index contributed by atoms with van der Waals surface area (Å²) in [7, 11) is 0. The summed E-state index contributed by atoms with van der Waals surface area (Å²) < 4.78 is 4.90. The molecule has 1 unspecified atom stereocenters. The monoisotopic (exact) mass is 256 g/mol. The molecule has 0 aromatic rings. The maximum atomic E-state index is 11.0. The van der Waals surface area contributed by atoms with Crippen molar-refractivity contribution in [1.82, 2.24) is 0 Å². The summed E-state index contributed by atoms with van der Waals surface area (Å²) in [4.78, 5) is 11.0. The van der Waals surface area contributed by atoms with Gasteiger partial charge in [-0.3, -0.25) is 4.79 Å². The van der Waals surface area contributed by atoms with Crippen LogP contribution in [-0.2, 0) is 9.53 Å². The number of halogens is 2. The molecule has 0 aromatic carbocycles. The molecule has 1 atom stereocenters. The van der Waals surface area contributed by atoms with Gasteiger partial charge in [-0.15, -0.1) is 11.6 Å². The Morgan fingerprint density at radius 3 is 2.75 bits per heavy atom. The Kier molecular flexibility index (Phi) is 8.02. The molecule has 2 nitrogen and oxygen atoms in total. The molecule has 4 heteroatoms. The SMILES string of the molecule is CCCCCOC(=O)C(Cl)CBr. The van der Waals surface area contributed by atoms with Crippen molar-refractivity contribution >= 4 is 33.5 Å². The van der Waals surface area contributed by atoms with Crippen LogP contribution in [0.15, 0.2) is 0 Å². The van der Waals surface area contributed by atoms with Crippen LogP contribution in [0.4, 0.5) is 0 Å². The first-order valence-electron chi connectivity index (χ1n) is 4.09. The van der Waals surface area contributed by atoms with Crippen molar-refractivity contribution in [3.05, 3.63) is 0 Å². The zero-order valence-corrected chi connectivity index (χ0v) is 9.53. The number of hydrogen-bond acceptors (Lipinski definition) is 2. The van der Waals surface area contributed by atoms with Crippen LogP contribution in [0.2, 0.25) is 0 Å². The second-order valence-corrected chi connectivity index (χ2v) is 3.67. The fourth-order valence-corrected chi connectivity index (χ4v) is 1.01. The van der Waals surface area contributed by atoms with Gasteiger partial charge in [0.2, 0.25) is 0 Å². The molecule has 0 bridgehead atoms. The van der Waals surface area contributed by atoms with Crippen molar-refractivity contribution in [2.75, 3.05) is 11.9 Å². The fraction of sp³-hybridized carbons (Fsp3) is 0.875. The van der Waals surface area contributed by atoms with E-state index >= 15 is 0 Å². The predicted octanol–water partition coefficient (Wildman–Crippen LogP) is 2.72. The fourth-order valence-electron chi connectivity index (χ4n) is 0.678. The van der Waals surface area contributed by atoms with Crippen molar-refractivity contribution in [3.63, 3.8) is 0 Å². The van der Waals surface area contributed by atoms with Crippen LogP contribution < -0.4 is 0 Å². The molecule has 0 heterocycles. The summed E-state index contributed by atoms with van der Waals surface area (Å²) >= 11 is 8.71. The van der Waals surface area contributed by atoms with Gasteiger partial charge in [0.15, 0.2) is 0 Å². The van der Waals surface area contributed by atoms with Gasteiger partial charge in [-0.1, -0.05) is 35.7 Å². The van der Waals surface area contributed by atoms with Gasteiger partial charge >= 0.3 is 5.97 Å². The molecule has 12 heavy (non-hydrogen) atoms. The summed E-state index contributed by atoms with van der Waals surface area (Å²) in [5, 5.41) is -0.104. The lowest BCUT2D eigenvalue weighted by Gasteiger charge is -2.06. The van der Waals surface area contributed by atoms with Crippen LogP contribution in [-0.4, -0.2) is 23.3 Å². The summed E-state index contributed by atoms with van der Waals surface area (Å²) in [6.07, 6.45) is 3.14. The molecule has 0 aliphatic carbocycles. The minimum atomic E-state index is -0.549. The van der Waals surface area contributed by atoms with E-state index in [9.17, 15) is 4.79 Å². The standard InChI is InChI=1S/C8H14BrClO2/c1-2-3-4-5-12-8(11)7(10)6-9/h7H,2-6H2,1H3. The Hall–Kier alpha value is 0.240. The normalized spacial score (nSPS) is 12.6. The smallest absolute Gasteiger partial charge is 0.324 e. The molecule has 0 fully saturated rings. The minimum Gasteiger partial charge on any atom is -0.465 e. The van der Waals surface area contributed by atoms with E-state index in [1.807, 2.05) is 0 Å². The number of alkyl halides is 2. The van der Waals surface area contributed by atoms with Crippen molar-refractivity contribution < 1.29 is 9.53 Å². The highest BCUT2D eigenvalue weighted by atomic mass is 79.9. The molecular weight excluding hydrogens is 243 g/mol. The Morgan fingerprint density at radius 2 is 2.25 bits per heavy atom. The van der Waals surface area contributed by atoms with E-state index < -0.39 is 5.38 Å². The molecule has 0 rings (SSSR count). The molecule has 72 valence electrons. The zero-order chi connectivity index (χ0) is 9.40. The maximum Gasteiger partial charge on any atom is 0.324 e. The molecule has 0 aliphatic rings.